The first-order valence-corrected chi connectivity index (χ1v) is 12.0. The molecule has 10 nitrogen and oxygen atoms in total. The molecule has 0 bridgehead atoms. The van der Waals surface area contributed by atoms with Crippen molar-refractivity contribution < 1.29 is 9.18 Å². The third-order valence-corrected chi connectivity index (χ3v) is 7.07. The predicted molar refractivity (Wildman–Crippen MR) is 133 cm³/mol. The van der Waals surface area contributed by atoms with Crippen LogP contribution in [0, 0.1) is 22.6 Å². The lowest BCUT2D eigenvalue weighted by Crippen LogP contribution is -2.34. The second-order valence-corrected chi connectivity index (χ2v) is 9.34. The molecule has 2 atom stereocenters. The predicted octanol–water partition coefficient (Wildman–Crippen LogP) is 3.34. The summed E-state index contributed by atoms with van der Waals surface area (Å²) in [6.45, 7) is 2.69. The van der Waals surface area contributed by atoms with Gasteiger partial charge >= 0.3 is 0 Å². The highest BCUT2D eigenvalue weighted by molar-refractivity contribution is 5.98. The molecule has 2 saturated heterocycles. The van der Waals surface area contributed by atoms with Gasteiger partial charge in [-0.25, -0.2) is 14.4 Å². The Morgan fingerprint density at radius 2 is 1.59 bits per heavy atom. The number of nitroso groups, excluding NO2 is 1. The highest BCUT2D eigenvalue weighted by Gasteiger charge is 2.43. The number of halogens is 1. The SMILES string of the molecule is O=NCc1ccc(-c2cnc(N3CC4CN(C(=O)c5c(F)cccc5-n5nccn5)CC4C3)nc2)cc1. The van der Waals surface area contributed by atoms with Gasteiger partial charge in [-0.1, -0.05) is 35.5 Å². The van der Waals surface area contributed by atoms with Crippen molar-refractivity contribution in [2.24, 2.45) is 17.0 Å². The van der Waals surface area contributed by atoms with Crippen molar-refractivity contribution in [3.8, 4) is 16.8 Å². The van der Waals surface area contributed by atoms with Crippen molar-refractivity contribution in [1.82, 2.24) is 29.9 Å². The Balaban J connectivity index is 1.12. The van der Waals surface area contributed by atoms with Gasteiger partial charge in [0.15, 0.2) is 0 Å². The summed E-state index contributed by atoms with van der Waals surface area (Å²) in [6, 6.07) is 12.1. The van der Waals surface area contributed by atoms with Crippen LogP contribution in [0.4, 0.5) is 10.3 Å². The second kappa shape index (κ2) is 9.49. The number of rotatable bonds is 6. The van der Waals surface area contributed by atoms with Crippen LogP contribution in [0.3, 0.4) is 0 Å². The summed E-state index contributed by atoms with van der Waals surface area (Å²) in [4.78, 5) is 38.1. The van der Waals surface area contributed by atoms with Crippen LogP contribution in [-0.2, 0) is 6.54 Å². The molecule has 2 aliphatic heterocycles. The number of nitrogens with zero attached hydrogens (tertiary/aromatic N) is 8. The molecule has 0 spiro atoms. The molecule has 0 radical (unpaired) electrons. The minimum Gasteiger partial charge on any atom is -0.340 e. The molecule has 0 saturated carbocycles. The fourth-order valence-corrected chi connectivity index (χ4v) is 5.22. The Hall–Kier alpha value is -4.54. The zero-order chi connectivity index (χ0) is 25.4. The van der Waals surface area contributed by atoms with Gasteiger partial charge in [0.1, 0.15) is 23.6 Å². The topological polar surface area (TPSA) is 109 Å². The van der Waals surface area contributed by atoms with Crippen LogP contribution < -0.4 is 4.90 Å². The number of hydrogen-bond donors (Lipinski definition) is 0. The van der Waals surface area contributed by atoms with Crippen molar-refractivity contribution >= 4 is 11.9 Å². The van der Waals surface area contributed by atoms with E-state index in [0.717, 1.165) is 29.8 Å². The minimum atomic E-state index is -0.581. The molecule has 186 valence electrons. The molecule has 1 amide bonds. The molecule has 0 N–H and O–H groups in total. The summed E-state index contributed by atoms with van der Waals surface area (Å²) in [5.74, 6) is 0.233. The Labute approximate surface area is 211 Å². The molecular formula is C26H23FN8O2. The fourth-order valence-electron chi connectivity index (χ4n) is 5.22. The zero-order valence-electron chi connectivity index (χ0n) is 19.8. The number of likely N-dealkylation sites (tertiary alicyclic amines) is 1. The van der Waals surface area contributed by atoms with E-state index in [9.17, 15) is 14.1 Å². The van der Waals surface area contributed by atoms with Gasteiger partial charge in [-0.05, 0) is 23.3 Å². The van der Waals surface area contributed by atoms with Crippen LogP contribution in [0.25, 0.3) is 16.8 Å². The number of carbonyl (C=O) groups is 1. The van der Waals surface area contributed by atoms with Crippen LogP contribution in [0.15, 0.2) is 72.4 Å². The summed E-state index contributed by atoms with van der Waals surface area (Å²) in [7, 11) is 0. The van der Waals surface area contributed by atoms with E-state index in [2.05, 4.69) is 30.2 Å². The third-order valence-electron chi connectivity index (χ3n) is 7.07. The van der Waals surface area contributed by atoms with Gasteiger partial charge in [0.05, 0.1) is 12.4 Å². The maximum absolute atomic E-state index is 14.8. The van der Waals surface area contributed by atoms with Crippen LogP contribution in [0.2, 0.25) is 0 Å². The van der Waals surface area contributed by atoms with Crippen molar-refractivity contribution in [1.29, 1.82) is 0 Å². The van der Waals surface area contributed by atoms with E-state index in [4.69, 9.17) is 0 Å². The molecule has 37 heavy (non-hydrogen) atoms. The smallest absolute Gasteiger partial charge is 0.259 e. The first-order valence-electron chi connectivity index (χ1n) is 12.0. The first-order chi connectivity index (χ1) is 18.1. The summed E-state index contributed by atoms with van der Waals surface area (Å²) in [6.07, 6.45) is 6.57. The van der Waals surface area contributed by atoms with Crippen molar-refractivity contribution in [2.45, 2.75) is 6.54 Å². The number of amides is 1. The van der Waals surface area contributed by atoms with Crippen LogP contribution in [0.1, 0.15) is 15.9 Å². The molecule has 2 aliphatic rings. The van der Waals surface area contributed by atoms with Crippen molar-refractivity contribution in [3.05, 3.63) is 89.1 Å². The van der Waals surface area contributed by atoms with E-state index < -0.39 is 5.82 Å². The summed E-state index contributed by atoms with van der Waals surface area (Å²) >= 11 is 0. The molecule has 6 rings (SSSR count). The van der Waals surface area contributed by atoms with Gasteiger partial charge in [-0.2, -0.15) is 19.9 Å². The van der Waals surface area contributed by atoms with Gasteiger partial charge in [0.2, 0.25) is 5.95 Å². The standard InChI is InChI=1S/C26H23FN8O2/c27-22-2-1-3-23(35-30-8-9-31-35)24(22)25(36)33-13-20-15-34(16-21(20)14-33)26-28-11-19(12-29-26)18-6-4-17(5-7-18)10-32-37/h1-9,11-12,20-21H,10,13-16H2. The molecule has 4 aromatic rings. The zero-order valence-corrected chi connectivity index (χ0v) is 19.8. The molecule has 2 fully saturated rings. The molecule has 2 aromatic carbocycles. The van der Waals surface area contributed by atoms with Crippen LogP contribution in [0.5, 0.6) is 0 Å². The van der Waals surface area contributed by atoms with Crippen molar-refractivity contribution in [2.75, 3.05) is 31.1 Å². The quantitative estimate of drug-likeness (QED) is 0.375. The molecule has 0 aliphatic carbocycles. The van der Waals surface area contributed by atoms with Gasteiger partial charge in [-0.3, -0.25) is 4.79 Å². The monoisotopic (exact) mass is 498 g/mol. The van der Waals surface area contributed by atoms with Gasteiger partial charge < -0.3 is 9.80 Å². The first kappa shape index (κ1) is 22.9. The summed E-state index contributed by atoms with van der Waals surface area (Å²) < 4.78 is 14.8. The normalized spacial score (nSPS) is 18.7. The van der Waals surface area contributed by atoms with E-state index in [0.29, 0.717) is 24.7 Å². The number of benzene rings is 2. The van der Waals surface area contributed by atoms with Crippen LogP contribution >= 0.6 is 0 Å². The van der Waals surface area contributed by atoms with Gasteiger partial charge in [0, 0.05) is 56.0 Å². The summed E-state index contributed by atoms with van der Waals surface area (Å²) in [5.41, 5.74) is 3.03. The fraction of sp³-hybridized carbons (Fsp3) is 0.269. The largest absolute Gasteiger partial charge is 0.340 e. The number of aromatic nitrogens is 5. The Bertz CT molecular complexity index is 1410. The minimum absolute atomic E-state index is 0.00935. The van der Waals surface area contributed by atoms with E-state index >= 15 is 0 Å². The maximum atomic E-state index is 14.8. The number of hydrogen-bond acceptors (Lipinski definition) is 8. The van der Waals surface area contributed by atoms with Gasteiger partial charge in [-0.15, -0.1) is 0 Å². The number of anilines is 1. The average Bonchev–Trinajstić information content (AvgIpc) is 3.66. The molecular weight excluding hydrogens is 475 g/mol. The molecule has 4 heterocycles. The Kier molecular flexibility index (Phi) is 5.87. The van der Waals surface area contributed by atoms with E-state index in [-0.39, 0.29) is 29.9 Å². The van der Waals surface area contributed by atoms with E-state index in [1.165, 1.54) is 23.3 Å². The van der Waals surface area contributed by atoms with Crippen LogP contribution in [-0.4, -0.2) is 61.9 Å². The summed E-state index contributed by atoms with van der Waals surface area (Å²) in [5, 5.41) is 11.0. The highest BCUT2D eigenvalue weighted by Crippen LogP contribution is 2.34. The number of carbonyl (C=O) groups excluding carboxylic acids is 1. The molecule has 11 heteroatoms. The lowest BCUT2D eigenvalue weighted by molar-refractivity contribution is 0.0777. The van der Waals surface area contributed by atoms with E-state index in [1.807, 2.05) is 24.3 Å². The van der Waals surface area contributed by atoms with E-state index in [1.54, 1.807) is 29.4 Å². The van der Waals surface area contributed by atoms with Crippen molar-refractivity contribution in [3.63, 3.8) is 0 Å². The second-order valence-electron chi connectivity index (χ2n) is 9.34. The lowest BCUT2D eigenvalue weighted by Gasteiger charge is -2.22. The maximum Gasteiger partial charge on any atom is 0.259 e. The lowest BCUT2D eigenvalue weighted by atomic mass is 10.0. The third kappa shape index (κ3) is 4.32. The highest BCUT2D eigenvalue weighted by atomic mass is 19.1. The molecule has 2 aromatic heterocycles. The number of fused-ring (bicyclic) bond motifs is 1. The Morgan fingerprint density at radius 1 is 0.919 bits per heavy atom. The average molecular weight is 499 g/mol. The van der Waals surface area contributed by atoms with Gasteiger partial charge in [0.25, 0.3) is 5.91 Å². The Morgan fingerprint density at radius 3 is 2.24 bits per heavy atom. The molecule has 2 unspecified atom stereocenters.